The molecule has 0 amide bonds. The lowest BCUT2D eigenvalue weighted by Gasteiger charge is -2.21. The van der Waals surface area contributed by atoms with Crippen molar-refractivity contribution in [1.29, 1.82) is 0 Å². The van der Waals surface area contributed by atoms with E-state index >= 15 is 0 Å². The summed E-state index contributed by atoms with van der Waals surface area (Å²) in [5, 5.41) is 0. The van der Waals surface area contributed by atoms with Crippen LogP contribution >= 0.6 is 11.8 Å². The van der Waals surface area contributed by atoms with Crippen LogP contribution in [-0.4, -0.2) is 4.98 Å². The van der Waals surface area contributed by atoms with Crippen molar-refractivity contribution in [2.45, 2.75) is 118 Å². The third kappa shape index (κ3) is 9.06. The number of hydrogen-bond donors (Lipinski definition) is 0. The van der Waals surface area contributed by atoms with Crippen molar-refractivity contribution in [3.8, 4) is 0 Å². The summed E-state index contributed by atoms with van der Waals surface area (Å²) in [5.74, 6) is 2.74. The molecule has 1 aromatic carbocycles. The quantitative estimate of drug-likeness (QED) is 0.345. The van der Waals surface area contributed by atoms with Crippen LogP contribution in [0.15, 0.2) is 69.0 Å². The third-order valence-electron chi connectivity index (χ3n) is 7.40. The van der Waals surface area contributed by atoms with Crippen LogP contribution in [0, 0.1) is 5.92 Å². The molecule has 1 aliphatic heterocycles. The molecule has 3 heteroatoms. The first kappa shape index (κ1) is 31.2. The van der Waals surface area contributed by atoms with Gasteiger partial charge in [0.05, 0.1) is 6.20 Å². The molecular formula is C34H51NOS. The average molecular weight is 522 g/mol. The molecule has 2 saturated carbocycles. The van der Waals surface area contributed by atoms with E-state index < -0.39 is 0 Å². The fourth-order valence-corrected chi connectivity index (χ4v) is 6.04. The maximum absolute atomic E-state index is 6.04. The number of oxazole rings is 1. The Balaban J connectivity index is 0.000000919. The van der Waals surface area contributed by atoms with Gasteiger partial charge in [0.1, 0.15) is 5.76 Å². The van der Waals surface area contributed by atoms with E-state index in [1.807, 2.05) is 18.0 Å². The van der Waals surface area contributed by atoms with Crippen molar-refractivity contribution in [1.82, 2.24) is 4.98 Å². The Labute approximate surface area is 232 Å². The Morgan fingerprint density at radius 3 is 2.32 bits per heavy atom. The summed E-state index contributed by atoms with van der Waals surface area (Å²) in [6, 6.07) is 9.38. The van der Waals surface area contributed by atoms with E-state index in [1.165, 1.54) is 78.7 Å². The molecule has 204 valence electrons. The van der Waals surface area contributed by atoms with Gasteiger partial charge >= 0.3 is 0 Å². The second-order valence-electron chi connectivity index (χ2n) is 10.9. The van der Waals surface area contributed by atoms with Gasteiger partial charge in [0, 0.05) is 23.2 Å². The zero-order chi connectivity index (χ0) is 24.7. The second kappa shape index (κ2) is 14.8. The molecule has 2 aromatic rings. The van der Waals surface area contributed by atoms with E-state index in [0.29, 0.717) is 6.42 Å². The molecule has 0 saturated heterocycles. The van der Waals surface area contributed by atoms with Crippen LogP contribution in [0.3, 0.4) is 0 Å². The van der Waals surface area contributed by atoms with E-state index in [0.717, 1.165) is 36.0 Å². The van der Waals surface area contributed by atoms with Gasteiger partial charge in [0.25, 0.3) is 0 Å². The third-order valence-corrected chi connectivity index (χ3v) is 8.65. The molecule has 37 heavy (non-hydrogen) atoms. The first-order valence-electron chi connectivity index (χ1n) is 13.8. The smallest absolute Gasteiger partial charge is 0.198 e. The van der Waals surface area contributed by atoms with Crippen LogP contribution in [0.25, 0.3) is 0 Å². The Morgan fingerprint density at radius 2 is 1.68 bits per heavy atom. The minimum absolute atomic E-state index is 0. The predicted octanol–water partition coefficient (Wildman–Crippen LogP) is 10.8. The summed E-state index contributed by atoms with van der Waals surface area (Å²) in [7, 11) is 0. The van der Waals surface area contributed by atoms with Crippen LogP contribution < -0.4 is 0 Å². The highest BCUT2D eigenvalue weighted by molar-refractivity contribution is 8.07. The normalized spacial score (nSPS) is 18.2. The summed E-state index contributed by atoms with van der Waals surface area (Å²) in [6.07, 6.45) is 21.3. The highest BCUT2D eigenvalue weighted by Gasteiger charge is 2.42. The molecule has 2 nitrogen and oxygen atoms in total. The molecule has 5 rings (SSSR count). The molecule has 0 atom stereocenters. The zero-order valence-corrected chi connectivity index (χ0v) is 22.9. The SMILES string of the molecule is C.C.C=C(Cc1ncc(C2(C)CC2)o1)C1=CCC=C(Cc2ccc(CC3CCCCC3)cc2)S1.CCC. The lowest BCUT2D eigenvalue weighted by molar-refractivity contribution is 0.356. The lowest BCUT2D eigenvalue weighted by atomic mass is 9.85. The van der Waals surface area contributed by atoms with Crippen molar-refractivity contribution in [3.63, 3.8) is 0 Å². The average Bonchev–Trinajstić information content (AvgIpc) is 3.44. The second-order valence-corrected chi connectivity index (χ2v) is 12.1. The summed E-state index contributed by atoms with van der Waals surface area (Å²) in [5.41, 5.74) is 4.24. The molecular weight excluding hydrogens is 470 g/mol. The number of rotatable bonds is 8. The van der Waals surface area contributed by atoms with Gasteiger partial charge in [-0.25, -0.2) is 4.98 Å². The van der Waals surface area contributed by atoms with Gasteiger partial charge in [-0.1, -0.05) is 129 Å². The van der Waals surface area contributed by atoms with Gasteiger partial charge in [-0.05, 0) is 53.2 Å². The fraction of sp³-hybridized carbons (Fsp3) is 0.559. The molecule has 0 bridgehead atoms. The van der Waals surface area contributed by atoms with Crippen molar-refractivity contribution in [2.24, 2.45) is 5.92 Å². The number of allylic oxidation sites excluding steroid dienone is 4. The summed E-state index contributed by atoms with van der Waals surface area (Å²) in [4.78, 5) is 7.21. The van der Waals surface area contributed by atoms with Crippen LogP contribution in [0.2, 0.25) is 0 Å². The Kier molecular flexibility index (Phi) is 12.5. The van der Waals surface area contributed by atoms with Gasteiger partial charge < -0.3 is 4.42 Å². The standard InChI is InChI=1S/C29H35NOS.C3H8.2CH4/c1-21(17-28-30-20-27(31-28)29(2)15-16-29)26-10-6-9-25(32-26)19-24-13-11-23(12-14-24)18-22-7-4-3-5-8-22;1-3-2;;/h9-14,20,22H,1,3-8,15-19H2,2H3;3H2,1-2H3;2*1H4. The number of benzene rings is 1. The van der Waals surface area contributed by atoms with Crippen molar-refractivity contribution in [3.05, 3.63) is 87.4 Å². The molecule has 2 fully saturated rings. The van der Waals surface area contributed by atoms with Crippen molar-refractivity contribution >= 4 is 11.8 Å². The van der Waals surface area contributed by atoms with Crippen LogP contribution in [0.1, 0.15) is 116 Å². The topological polar surface area (TPSA) is 26.0 Å². The van der Waals surface area contributed by atoms with E-state index in [-0.39, 0.29) is 20.3 Å². The summed E-state index contributed by atoms with van der Waals surface area (Å²) in [6.45, 7) is 10.9. The maximum Gasteiger partial charge on any atom is 0.198 e. The molecule has 0 N–H and O–H groups in total. The highest BCUT2D eigenvalue weighted by Crippen LogP contribution is 2.48. The van der Waals surface area contributed by atoms with Crippen molar-refractivity contribution < 1.29 is 4.42 Å². The molecule has 0 unspecified atom stereocenters. The minimum Gasteiger partial charge on any atom is -0.445 e. The van der Waals surface area contributed by atoms with E-state index in [2.05, 4.69) is 68.8 Å². The molecule has 0 spiro atoms. The van der Waals surface area contributed by atoms with Gasteiger partial charge in [-0.3, -0.25) is 0 Å². The number of hydrogen-bond acceptors (Lipinski definition) is 3. The molecule has 2 heterocycles. The highest BCUT2D eigenvalue weighted by atomic mass is 32.2. The van der Waals surface area contributed by atoms with Crippen LogP contribution in [0.4, 0.5) is 0 Å². The first-order chi connectivity index (χ1) is 17.0. The van der Waals surface area contributed by atoms with Gasteiger partial charge in [-0.15, -0.1) is 0 Å². The number of thioether (sulfide) groups is 1. The molecule has 2 aliphatic carbocycles. The van der Waals surface area contributed by atoms with E-state index in [1.54, 1.807) is 0 Å². The first-order valence-corrected chi connectivity index (χ1v) is 14.6. The fourth-order valence-electron chi connectivity index (χ4n) is 4.94. The van der Waals surface area contributed by atoms with Gasteiger partial charge in [0.2, 0.25) is 0 Å². The van der Waals surface area contributed by atoms with Gasteiger partial charge in [-0.2, -0.15) is 0 Å². The van der Waals surface area contributed by atoms with Crippen LogP contribution in [0.5, 0.6) is 0 Å². The molecule has 3 aliphatic rings. The van der Waals surface area contributed by atoms with Crippen LogP contribution in [-0.2, 0) is 24.7 Å². The maximum atomic E-state index is 6.04. The summed E-state index contributed by atoms with van der Waals surface area (Å²) >= 11 is 1.86. The Bertz CT molecular complexity index is 1030. The molecule has 1 aromatic heterocycles. The Morgan fingerprint density at radius 1 is 1.03 bits per heavy atom. The Hall–Kier alpha value is -2.00. The van der Waals surface area contributed by atoms with E-state index in [4.69, 9.17) is 4.42 Å². The van der Waals surface area contributed by atoms with Crippen molar-refractivity contribution in [2.75, 3.05) is 0 Å². The lowest BCUT2D eigenvalue weighted by Crippen LogP contribution is -2.09. The van der Waals surface area contributed by atoms with E-state index in [9.17, 15) is 0 Å². The minimum atomic E-state index is 0. The largest absolute Gasteiger partial charge is 0.445 e. The zero-order valence-electron chi connectivity index (χ0n) is 22.1. The monoisotopic (exact) mass is 521 g/mol. The number of aromatic nitrogens is 1. The molecule has 0 radical (unpaired) electrons. The number of nitrogens with zero attached hydrogens (tertiary/aromatic N) is 1. The predicted molar refractivity (Wildman–Crippen MR) is 164 cm³/mol. The van der Waals surface area contributed by atoms with Gasteiger partial charge in [0.15, 0.2) is 5.89 Å². The summed E-state index contributed by atoms with van der Waals surface area (Å²) < 4.78 is 6.04.